The monoisotopic (exact) mass is 269 g/mol. The Bertz CT molecular complexity index is 492. The lowest BCUT2D eigenvalue weighted by atomic mass is 9.92. The van der Waals surface area contributed by atoms with Crippen molar-refractivity contribution < 1.29 is 0 Å². The third-order valence-electron chi connectivity index (χ3n) is 4.23. The molecule has 1 aromatic carbocycles. The van der Waals surface area contributed by atoms with Gasteiger partial charge in [-0.15, -0.1) is 0 Å². The summed E-state index contributed by atoms with van der Waals surface area (Å²) in [5.74, 6) is 0.829. The van der Waals surface area contributed by atoms with Gasteiger partial charge in [0, 0.05) is 25.0 Å². The largest absolute Gasteiger partial charge is 0.348 e. The standard InChI is InChI=1S/C17H23N3/c1-2-5-15(6-3-1)12-20-10-4-7-16(13-20)8-9-17-11-18-14-19-17/h1-3,5-6,11,14,16H,4,7-10,12-13H2,(H,18,19)/t16-/m1/s1. The molecular weight excluding hydrogens is 246 g/mol. The molecule has 1 N–H and O–H groups in total. The van der Waals surface area contributed by atoms with E-state index in [9.17, 15) is 0 Å². The van der Waals surface area contributed by atoms with Gasteiger partial charge in [-0.3, -0.25) is 4.90 Å². The zero-order valence-corrected chi connectivity index (χ0v) is 12.0. The summed E-state index contributed by atoms with van der Waals surface area (Å²) < 4.78 is 0. The lowest BCUT2D eigenvalue weighted by Crippen LogP contribution is -2.35. The van der Waals surface area contributed by atoms with E-state index in [4.69, 9.17) is 0 Å². The number of nitrogens with one attached hydrogen (secondary N) is 1. The molecule has 3 rings (SSSR count). The molecule has 0 unspecified atom stereocenters. The molecule has 20 heavy (non-hydrogen) atoms. The average molecular weight is 269 g/mol. The first-order chi connectivity index (χ1) is 9.90. The van der Waals surface area contributed by atoms with Crippen LogP contribution < -0.4 is 0 Å². The molecule has 1 aromatic heterocycles. The highest BCUT2D eigenvalue weighted by Crippen LogP contribution is 2.22. The Morgan fingerprint density at radius 1 is 1.25 bits per heavy atom. The molecule has 3 heteroatoms. The van der Waals surface area contributed by atoms with Crippen LogP contribution in [0.3, 0.4) is 0 Å². The van der Waals surface area contributed by atoms with Crippen molar-refractivity contribution in [3.05, 3.63) is 54.1 Å². The highest BCUT2D eigenvalue weighted by Gasteiger charge is 2.19. The Hall–Kier alpha value is -1.61. The van der Waals surface area contributed by atoms with Gasteiger partial charge in [0.05, 0.1) is 6.33 Å². The van der Waals surface area contributed by atoms with E-state index in [0.29, 0.717) is 0 Å². The van der Waals surface area contributed by atoms with Gasteiger partial charge in [-0.25, -0.2) is 4.98 Å². The van der Waals surface area contributed by atoms with E-state index in [1.165, 1.54) is 43.6 Å². The minimum atomic E-state index is 0.829. The molecule has 1 aliphatic heterocycles. The Kier molecular flexibility index (Phi) is 4.49. The van der Waals surface area contributed by atoms with Gasteiger partial charge < -0.3 is 4.98 Å². The molecule has 0 bridgehead atoms. The number of imidazole rings is 1. The maximum Gasteiger partial charge on any atom is 0.0921 e. The molecule has 0 aliphatic carbocycles. The van der Waals surface area contributed by atoms with Gasteiger partial charge in [-0.05, 0) is 43.7 Å². The van der Waals surface area contributed by atoms with Crippen LogP contribution in [0.25, 0.3) is 0 Å². The van der Waals surface area contributed by atoms with Gasteiger partial charge in [-0.1, -0.05) is 30.3 Å². The van der Waals surface area contributed by atoms with Crippen molar-refractivity contribution >= 4 is 0 Å². The number of H-pyrrole nitrogens is 1. The van der Waals surface area contributed by atoms with Gasteiger partial charge >= 0.3 is 0 Å². The topological polar surface area (TPSA) is 31.9 Å². The second-order valence-electron chi connectivity index (χ2n) is 5.84. The van der Waals surface area contributed by atoms with Crippen LogP contribution in [0.5, 0.6) is 0 Å². The molecule has 0 amide bonds. The first-order valence-electron chi connectivity index (χ1n) is 7.63. The van der Waals surface area contributed by atoms with Crippen molar-refractivity contribution in [3.8, 4) is 0 Å². The Balaban J connectivity index is 1.49. The minimum Gasteiger partial charge on any atom is -0.348 e. The van der Waals surface area contributed by atoms with E-state index in [0.717, 1.165) is 18.9 Å². The number of hydrogen-bond acceptors (Lipinski definition) is 2. The third-order valence-corrected chi connectivity index (χ3v) is 4.23. The fourth-order valence-corrected chi connectivity index (χ4v) is 3.15. The molecule has 2 heterocycles. The smallest absolute Gasteiger partial charge is 0.0921 e. The lowest BCUT2D eigenvalue weighted by Gasteiger charge is -2.32. The van der Waals surface area contributed by atoms with Crippen LogP contribution in [-0.2, 0) is 13.0 Å². The van der Waals surface area contributed by atoms with E-state index in [1.54, 1.807) is 6.33 Å². The van der Waals surface area contributed by atoms with Crippen LogP contribution in [0.2, 0.25) is 0 Å². The molecule has 1 aliphatic rings. The molecule has 0 radical (unpaired) electrons. The summed E-state index contributed by atoms with van der Waals surface area (Å²) >= 11 is 0. The van der Waals surface area contributed by atoms with E-state index < -0.39 is 0 Å². The van der Waals surface area contributed by atoms with Crippen molar-refractivity contribution in [1.82, 2.24) is 14.9 Å². The molecule has 0 spiro atoms. The molecule has 2 aromatic rings. The number of rotatable bonds is 5. The van der Waals surface area contributed by atoms with Crippen molar-refractivity contribution in [3.63, 3.8) is 0 Å². The summed E-state index contributed by atoms with van der Waals surface area (Å²) in [5.41, 5.74) is 2.70. The second-order valence-corrected chi connectivity index (χ2v) is 5.84. The summed E-state index contributed by atoms with van der Waals surface area (Å²) in [4.78, 5) is 9.90. The average Bonchev–Trinajstić information content (AvgIpc) is 3.00. The van der Waals surface area contributed by atoms with Crippen molar-refractivity contribution in [2.24, 2.45) is 5.92 Å². The Labute approximate surface area is 121 Å². The fraction of sp³-hybridized carbons (Fsp3) is 0.471. The van der Waals surface area contributed by atoms with Gasteiger partial charge in [0.2, 0.25) is 0 Å². The van der Waals surface area contributed by atoms with Crippen LogP contribution in [0, 0.1) is 5.92 Å². The minimum absolute atomic E-state index is 0.829. The quantitative estimate of drug-likeness (QED) is 0.903. The molecule has 106 valence electrons. The van der Waals surface area contributed by atoms with Crippen LogP contribution in [0.15, 0.2) is 42.9 Å². The number of aromatic amines is 1. The number of benzene rings is 1. The van der Waals surface area contributed by atoms with Gasteiger partial charge in [0.15, 0.2) is 0 Å². The number of aromatic nitrogens is 2. The normalized spacial score (nSPS) is 20.1. The second kappa shape index (κ2) is 6.71. The first-order valence-corrected chi connectivity index (χ1v) is 7.63. The Morgan fingerprint density at radius 2 is 2.15 bits per heavy atom. The van der Waals surface area contributed by atoms with Crippen LogP contribution in [0.1, 0.15) is 30.5 Å². The summed E-state index contributed by atoms with van der Waals surface area (Å²) in [6.07, 6.45) is 8.83. The summed E-state index contributed by atoms with van der Waals surface area (Å²) in [5, 5.41) is 0. The molecule has 1 saturated heterocycles. The molecular formula is C17H23N3. The van der Waals surface area contributed by atoms with Crippen LogP contribution in [-0.4, -0.2) is 28.0 Å². The number of likely N-dealkylation sites (tertiary alicyclic amines) is 1. The summed E-state index contributed by atoms with van der Waals surface area (Å²) in [6.45, 7) is 3.58. The van der Waals surface area contributed by atoms with Gasteiger partial charge in [0.1, 0.15) is 0 Å². The third kappa shape index (κ3) is 3.70. The molecule has 1 atom stereocenters. The van der Waals surface area contributed by atoms with E-state index >= 15 is 0 Å². The fourth-order valence-electron chi connectivity index (χ4n) is 3.15. The van der Waals surface area contributed by atoms with E-state index in [-0.39, 0.29) is 0 Å². The predicted octanol–water partition coefficient (Wildman–Crippen LogP) is 3.25. The van der Waals surface area contributed by atoms with Crippen LogP contribution >= 0.6 is 0 Å². The van der Waals surface area contributed by atoms with Crippen molar-refractivity contribution in [2.45, 2.75) is 32.2 Å². The SMILES string of the molecule is c1ccc(CN2CCC[C@H](CCc3cnc[nH]3)C2)cc1. The van der Waals surface area contributed by atoms with Crippen molar-refractivity contribution in [1.29, 1.82) is 0 Å². The lowest BCUT2D eigenvalue weighted by molar-refractivity contribution is 0.161. The van der Waals surface area contributed by atoms with Crippen LogP contribution in [0.4, 0.5) is 0 Å². The molecule has 1 fully saturated rings. The molecule has 0 saturated carbocycles. The zero-order valence-electron chi connectivity index (χ0n) is 12.0. The molecule has 3 nitrogen and oxygen atoms in total. The highest BCUT2D eigenvalue weighted by molar-refractivity contribution is 5.14. The first kappa shape index (κ1) is 13.4. The van der Waals surface area contributed by atoms with Gasteiger partial charge in [-0.2, -0.15) is 0 Å². The zero-order chi connectivity index (χ0) is 13.6. The number of piperidine rings is 1. The van der Waals surface area contributed by atoms with E-state index in [2.05, 4.69) is 45.2 Å². The Morgan fingerprint density at radius 3 is 2.95 bits per heavy atom. The predicted molar refractivity (Wildman–Crippen MR) is 81.4 cm³/mol. The number of aryl methyl sites for hydroxylation is 1. The number of hydrogen-bond donors (Lipinski definition) is 1. The van der Waals surface area contributed by atoms with Gasteiger partial charge in [0.25, 0.3) is 0 Å². The maximum absolute atomic E-state index is 4.09. The summed E-state index contributed by atoms with van der Waals surface area (Å²) in [7, 11) is 0. The maximum atomic E-state index is 4.09. The van der Waals surface area contributed by atoms with E-state index in [1.807, 2.05) is 6.20 Å². The highest BCUT2D eigenvalue weighted by atomic mass is 15.1. The summed E-state index contributed by atoms with van der Waals surface area (Å²) in [6, 6.07) is 10.8. The van der Waals surface area contributed by atoms with Crippen molar-refractivity contribution in [2.75, 3.05) is 13.1 Å². The number of nitrogens with zero attached hydrogens (tertiary/aromatic N) is 2.